The van der Waals surface area contributed by atoms with Gasteiger partial charge in [0.1, 0.15) is 0 Å². The van der Waals surface area contributed by atoms with Crippen molar-refractivity contribution in [3.63, 3.8) is 0 Å². The van der Waals surface area contributed by atoms with Gasteiger partial charge >= 0.3 is 5.97 Å². The predicted molar refractivity (Wildman–Crippen MR) is 75.3 cm³/mol. The zero-order valence-electron chi connectivity index (χ0n) is 11.3. The van der Waals surface area contributed by atoms with Crippen LogP contribution in [0.2, 0.25) is 0 Å². The summed E-state index contributed by atoms with van der Waals surface area (Å²) in [5.74, 6) is 0.560. The summed E-state index contributed by atoms with van der Waals surface area (Å²) in [6.45, 7) is 0. The third-order valence-electron chi connectivity index (χ3n) is 4.69. The van der Waals surface area contributed by atoms with Crippen LogP contribution in [0.5, 0.6) is 0 Å². The van der Waals surface area contributed by atoms with E-state index in [1.807, 2.05) is 6.07 Å². The highest BCUT2D eigenvalue weighted by Crippen LogP contribution is 2.48. The Bertz CT molecular complexity index is 540. The first-order valence-electron chi connectivity index (χ1n) is 7.24. The van der Waals surface area contributed by atoms with Gasteiger partial charge in [-0.2, -0.15) is 0 Å². The number of carboxylic acids is 1. The maximum absolute atomic E-state index is 12.4. The zero-order valence-corrected chi connectivity index (χ0v) is 11.3. The maximum Gasteiger partial charge on any atom is 0.307 e. The van der Waals surface area contributed by atoms with Crippen molar-refractivity contribution >= 4 is 17.6 Å². The molecular weight excluding hydrogens is 254 g/mol. The third-order valence-corrected chi connectivity index (χ3v) is 4.69. The molecule has 0 aliphatic heterocycles. The molecule has 3 unspecified atom stereocenters. The second kappa shape index (κ2) is 5.27. The van der Waals surface area contributed by atoms with E-state index in [0.717, 1.165) is 12.3 Å². The summed E-state index contributed by atoms with van der Waals surface area (Å²) in [5.41, 5.74) is 1.30. The van der Waals surface area contributed by atoms with Gasteiger partial charge in [-0.3, -0.25) is 9.59 Å². The number of carboxylic acid groups (broad SMARTS) is 1. The van der Waals surface area contributed by atoms with Gasteiger partial charge in [0.25, 0.3) is 0 Å². The smallest absolute Gasteiger partial charge is 0.307 e. The van der Waals surface area contributed by atoms with E-state index in [-0.39, 0.29) is 18.2 Å². The van der Waals surface area contributed by atoms with Gasteiger partial charge in [-0.1, -0.05) is 24.6 Å². The number of nitrogens with one attached hydrogen (secondary N) is 1. The van der Waals surface area contributed by atoms with Gasteiger partial charge < -0.3 is 10.4 Å². The van der Waals surface area contributed by atoms with Gasteiger partial charge in [-0.05, 0) is 42.7 Å². The number of benzene rings is 1. The van der Waals surface area contributed by atoms with E-state index in [2.05, 4.69) is 5.32 Å². The van der Waals surface area contributed by atoms with Gasteiger partial charge in [0, 0.05) is 11.6 Å². The lowest BCUT2D eigenvalue weighted by Crippen LogP contribution is -2.27. The number of rotatable bonds is 4. The minimum Gasteiger partial charge on any atom is -0.481 e. The number of para-hydroxylation sites is 1. The van der Waals surface area contributed by atoms with Crippen LogP contribution < -0.4 is 5.32 Å². The Balaban J connectivity index is 1.71. The summed E-state index contributed by atoms with van der Waals surface area (Å²) in [7, 11) is 0. The summed E-state index contributed by atoms with van der Waals surface area (Å²) >= 11 is 0. The summed E-state index contributed by atoms with van der Waals surface area (Å²) in [5, 5.41) is 11.9. The molecule has 1 aromatic rings. The van der Waals surface area contributed by atoms with Crippen molar-refractivity contribution in [3.8, 4) is 0 Å². The van der Waals surface area contributed by atoms with E-state index in [0.29, 0.717) is 17.2 Å². The Kier molecular flexibility index (Phi) is 3.47. The summed E-state index contributed by atoms with van der Waals surface area (Å²) in [4.78, 5) is 23.2. The van der Waals surface area contributed by atoms with Gasteiger partial charge in [-0.15, -0.1) is 0 Å². The number of anilines is 1. The first-order valence-corrected chi connectivity index (χ1v) is 7.24. The number of amides is 1. The Labute approximate surface area is 118 Å². The van der Waals surface area contributed by atoms with Crippen LogP contribution in [0.25, 0.3) is 0 Å². The van der Waals surface area contributed by atoms with E-state index >= 15 is 0 Å². The molecule has 2 aliphatic carbocycles. The predicted octanol–water partition coefficient (Wildman–Crippen LogP) is 2.69. The molecule has 1 aromatic carbocycles. The van der Waals surface area contributed by atoms with Crippen molar-refractivity contribution in [3.05, 3.63) is 29.8 Å². The van der Waals surface area contributed by atoms with Gasteiger partial charge in [0.15, 0.2) is 0 Å². The van der Waals surface area contributed by atoms with E-state index < -0.39 is 5.97 Å². The Morgan fingerprint density at radius 2 is 2.00 bits per heavy atom. The SMILES string of the molecule is O=C(O)Cc1ccccc1NC(=O)C1CC2CCC1C2. The Morgan fingerprint density at radius 1 is 1.20 bits per heavy atom. The highest BCUT2D eigenvalue weighted by molar-refractivity contribution is 5.94. The molecule has 2 bridgehead atoms. The normalized spacial score (nSPS) is 27.5. The van der Waals surface area contributed by atoms with Crippen LogP contribution in [-0.2, 0) is 16.0 Å². The van der Waals surface area contributed by atoms with Crippen LogP contribution in [0.1, 0.15) is 31.2 Å². The lowest BCUT2D eigenvalue weighted by Gasteiger charge is -2.21. The van der Waals surface area contributed by atoms with E-state index in [1.165, 1.54) is 19.3 Å². The van der Waals surface area contributed by atoms with Gasteiger partial charge in [0.2, 0.25) is 5.91 Å². The minimum absolute atomic E-state index is 0.0623. The molecule has 1 amide bonds. The summed E-state index contributed by atoms with van der Waals surface area (Å²) < 4.78 is 0. The number of carbonyl (C=O) groups is 2. The fourth-order valence-electron chi connectivity index (χ4n) is 3.75. The van der Waals surface area contributed by atoms with Crippen LogP contribution in [0, 0.1) is 17.8 Å². The van der Waals surface area contributed by atoms with E-state index in [4.69, 9.17) is 5.11 Å². The van der Waals surface area contributed by atoms with Crippen molar-refractivity contribution in [2.45, 2.75) is 32.1 Å². The molecule has 0 aromatic heterocycles. The Hall–Kier alpha value is -1.84. The van der Waals surface area contributed by atoms with Crippen LogP contribution >= 0.6 is 0 Å². The monoisotopic (exact) mass is 273 g/mol. The van der Waals surface area contributed by atoms with Crippen molar-refractivity contribution < 1.29 is 14.7 Å². The summed E-state index contributed by atoms with van der Waals surface area (Å²) in [6.07, 6.45) is 4.56. The van der Waals surface area contributed by atoms with Gasteiger partial charge in [-0.25, -0.2) is 0 Å². The molecule has 0 heterocycles. The molecule has 3 atom stereocenters. The first-order chi connectivity index (χ1) is 9.63. The first kappa shape index (κ1) is 13.2. The molecule has 2 N–H and O–H groups in total. The number of hydrogen-bond acceptors (Lipinski definition) is 2. The molecular formula is C16H19NO3. The van der Waals surface area contributed by atoms with Crippen LogP contribution in [-0.4, -0.2) is 17.0 Å². The molecule has 3 rings (SSSR count). The molecule has 20 heavy (non-hydrogen) atoms. The highest BCUT2D eigenvalue weighted by atomic mass is 16.4. The molecule has 0 spiro atoms. The van der Waals surface area contributed by atoms with Crippen molar-refractivity contribution in [2.24, 2.45) is 17.8 Å². The van der Waals surface area contributed by atoms with Crippen molar-refractivity contribution in [1.29, 1.82) is 0 Å². The lowest BCUT2D eigenvalue weighted by atomic mass is 9.88. The molecule has 2 aliphatic rings. The second-order valence-electron chi connectivity index (χ2n) is 6.00. The average Bonchev–Trinajstić information content (AvgIpc) is 3.02. The fraction of sp³-hybridized carbons (Fsp3) is 0.500. The number of carbonyl (C=O) groups excluding carboxylic acids is 1. The van der Waals surface area contributed by atoms with Gasteiger partial charge in [0.05, 0.1) is 6.42 Å². The molecule has 4 nitrogen and oxygen atoms in total. The fourth-order valence-corrected chi connectivity index (χ4v) is 3.75. The molecule has 2 saturated carbocycles. The third kappa shape index (κ3) is 2.55. The zero-order chi connectivity index (χ0) is 14.1. The molecule has 106 valence electrons. The number of hydrogen-bond donors (Lipinski definition) is 2. The topological polar surface area (TPSA) is 66.4 Å². The maximum atomic E-state index is 12.4. The largest absolute Gasteiger partial charge is 0.481 e. The average molecular weight is 273 g/mol. The van der Waals surface area contributed by atoms with Crippen LogP contribution in [0.3, 0.4) is 0 Å². The van der Waals surface area contributed by atoms with Crippen LogP contribution in [0.15, 0.2) is 24.3 Å². The standard InChI is InChI=1S/C16H19NO3/c18-15(19)9-12-3-1-2-4-14(12)17-16(20)13-8-10-5-6-11(13)7-10/h1-4,10-11,13H,5-9H2,(H,17,20)(H,18,19). The lowest BCUT2D eigenvalue weighted by molar-refractivity contribution is -0.136. The quantitative estimate of drug-likeness (QED) is 0.886. The minimum atomic E-state index is -0.883. The number of fused-ring (bicyclic) bond motifs is 2. The van der Waals surface area contributed by atoms with E-state index in [9.17, 15) is 9.59 Å². The molecule has 2 fully saturated rings. The Morgan fingerprint density at radius 3 is 2.65 bits per heavy atom. The van der Waals surface area contributed by atoms with Crippen LogP contribution in [0.4, 0.5) is 5.69 Å². The second-order valence-corrected chi connectivity index (χ2v) is 6.00. The van der Waals surface area contributed by atoms with Crippen molar-refractivity contribution in [2.75, 3.05) is 5.32 Å². The molecule has 0 saturated heterocycles. The molecule has 4 heteroatoms. The van der Waals surface area contributed by atoms with E-state index in [1.54, 1.807) is 18.2 Å². The summed E-state index contributed by atoms with van der Waals surface area (Å²) in [6, 6.07) is 7.15. The molecule has 0 radical (unpaired) electrons. The number of aliphatic carboxylic acids is 1. The highest BCUT2D eigenvalue weighted by Gasteiger charge is 2.43. The van der Waals surface area contributed by atoms with Crippen molar-refractivity contribution in [1.82, 2.24) is 0 Å².